The van der Waals surface area contributed by atoms with Crippen molar-refractivity contribution >= 4 is 17.6 Å². The molecule has 0 saturated heterocycles. The maximum absolute atomic E-state index is 11.5. The second-order valence-corrected chi connectivity index (χ2v) is 5.31. The Balaban J connectivity index is 2.23. The molecule has 1 unspecified atom stereocenters. The van der Waals surface area contributed by atoms with Crippen molar-refractivity contribution in [2.24, 2.45) is 0 Å². The second kappa shape index (κ2) is 7.81. The van der Waals surface area contributed by atoms with E-state index in [1.165, 1.54) is 7.11 Å². The summed E-state index contributed by atoms with van der Waals surface area (Å²) in [6.07, 6.45) is -1.26. The fourth-order valence-electron chi connectivity index (χ4n) is 2.03. The van der Waals surface area contributed by atoms with Crippen molar-refractivity contribution in [2.75, 3.05) is 7.11 Å². The monoisotopic (exact) mass is 332 g/mol. The Morgan fingerprint density at radius 1 is 1.26 bits per heavy atom. The van der Waals surface area contributed by atoms with Crippen LogP contribution in [0.15, 0.2) is 60.7 Å². The van der Waals surface area contributed by atoms with Crippen molar-refractivity contribution < 1.29 is 19.4 Å². The van der Waals surface area contributed by atoms with Gasteiger partial charge in [0.1, 0.15) is 18.5 Å². The molecule has 2 aromatic rings. The number of aliphatic hydroxyl groups is 1. The highest BCUT2D eigenvalue weighted by atomic mass is 35.5. The van der Waals surface area contributed by atoms with Crippen LogP contribution in [0.2, 0.25) is 5.02 Å². The summed E-state index contributed by atoms with van der Waals surface area (Å²) in [5.74, 6) is -0.262. The van der Waals surface area contributed by atoms with Crippen LogP contribution in [0, 0.1) is 0 Å². The van der Waals surface area contributed by atoms with Crippen molar-refractivity contribution in [3.05, 3.63) is 76.8 Å². The molecule has 0 heterocycles. The number of rotatable bonds is 6. The third-order valence-electron chi connectivity index (χ3n) is 3.28. The molecule has 1 N–H and O–H groups in total. The number of hydrogen-bond acceptors (Lipinski definition) is 4. The summed E-state index contributed by atoms with van der Waals surface area (Å²) >= 11 is 5.98. The number of ether oxygens (including phenoxy) is 2. The van der Waals surface area contributed by atoms with Crippen LogP contribution < -0.4 is 4.74 Å². The van der Waals surface area contributed by atoms with Gasteiger partial charge in [0.05, 0.1) is 12.7 Å². The molecule has 0 aliphatic heterocycles. The van der Waals surface area contributed by atoms with E-state index < -0.39 is 12.1 Å². The van der Waals surface area contributed by atoms with Gasteiger partial charge < -0.3 is 14.6 Å². The Labute approximate surface area is 139 Å². The van der Waals surface area contributed by atoms with E-state index >= 15 is 0 Å². The number of halogens is 1. The number of esters is 1. The molecule has 0 fully saturated rings. The zero-order valence-corrected chi connectivity index (χ0v) is 13.4. The Bertz CT molecular complexity index is 697. The summed E-state index contributed by atoms with van der Waals surface area (Å²) in [6.45, 7) is 3.89. The van der Waals surface area contributed by atoms with Gasteiger partial charge in [-0.05, 0) is 23.8 Å². The van der Waals surface area contributed by atoms with E-state index in [9.17, 15) is 9.90 Å². The minimum Gasteiger partial charge on any atom is -0.489 e. The molecule has 0 aromatic heterocycles. The first-order valence-electron chi connectivity index (χ1n) is 6.94. The zero-order valence-electron chi connectivity index (χ0n) is 12.7. The highest BCUT2D eigenvalue weighted by molar-refractivity contribution is 6.30. The summed E-state index contributed by atoms with van der Waals surface area (Å²) in [5.41, 5.74) is 1.26. The molecule has 4 nitrogen and oxygen atoms in total. The van der Waals surface area contributed by atoms with Crippen molar-refractivity contribution in [1.29, 1.82) is 0 Å². The van der Waals surface area contributed by atoms with Crippen LogP contribution in [-0.2, 0) is 16.1 Å². The van der Waals surface area contributed by atoms with Crippen molar-refractivity contribution in [1.82, 2.24) is 0 Å². The first-order valence-corrected chi connectivity index (χ1v) is 7.32. The van der Waals surface area contributed by atoms with Crippen LogP contribution in [0.25, 0.3) is 0 Å². The Morgan fingerprint density at radius 2 is 1.96 bits per heavy atom. The number of carbonyl (C=O) groups is 1. The first-order chi connectivity index (χ1) is 11.0. The standard InChI is InChI=1S/C18H17ClO4/c1-12(18(21)22-2)17(20)15-10-14(19)8-9-16(15)23-11-13-6-4-3-5-7-13/h3-10,17,20H,1,11H2,2H3. The molecule has 0 radical (unpaired) electrons. The molecule has 0 bridgehead atoms. The minimum absolute atomic E-state index is 0.0840. The molecular formula is C18H17ClO4. The largest absolute Gasteiger partial charge is 0.489 e. The maximum Gasteiger partial charge on any atom is 0.336 e. The molecule has 0 aliphatic rings. The predicted molar refractivity (Wildman–Crippen MR) is 88.3 cm³/mol. The predicted octanol–water partition coefficient (Wildman–Crippen LogP) is 3.68. The van der Waals surface area contributed by atoms with Gasteiger partial charge in [-0.25, -0.2) is 4.79 Å². The van der Waals surface area contributed by atoms with Gasteiger partial charge >= 0.3 is 5.97 Å². The van der Waals surface area contributed by atoms with Gasteiger partial charge in [-0.2, -0.15) is 0 Å². The summed E-state index contributed by atoms with van der Waals surface area (Å²) in [4.78, 5) is 11.5. The first kappa shape index (κ1) is 17.1. The number of carbonyl (C=O) groups excluding carboxylic acids is 1. The summed E-state index contributed by atoms with van der Waals surface area (Å²) in [7, 11) is 1.23. The Morgan fingerprint density at radius 3 is 2.61 bits per heavy atom. The highest BCUT2D eigenvalue weighted by Gasteiger charge is 2.22. The lowest BCUT2D eigenvalue weighted by atomic mass is 10.0. The fraction of sp³-hybridized carbons (Fsp3) is 0.167. The van der Waals surface area contributed by atoms with Crippen molar-refractivity contribution in [3.63, 3.8) is 0 Å². The normalized spacial score (nSPS) is 11.6. The Kier molecular flexibility index (Phi) is 5.79. The molecule has 0 spiro atoms. The minimum atomic E-state index is -1.26. The van der Waals surface area contributed by atoms with Gasteiger partial charge in [-0.3, -0.25) is 0 Å². The number of benzene rings is 2. The lowest BCUT2D eigenvalue weighted by molar-refractivity contribution is -0.137. The average molecular weight is 333 g/mol. The van der Waals surface area contributed by atoms with Crippen LogP contribution in [0.1, 0.15) is 17.2 Å². The topological polar surface area (TPSA) is 55.8 Å². The van der Waals surface area contributed by atoms with Gasteiger partial charge in [-0.1, -0.05) is 48.5 Å². The van der Waals surface area contributed by atoms with Gasteiger partial charge in [-0.15, -0.1) is 0 Å². The molecule has 1 atom stereocenters. The molecule has 0 aliphatic carbocycles. The molecule has 2 aromatic carbocycles. The van der Waals surface area contributed by atoms with E-state index in [2.05, 4.69) is 11.3 Å². The number of hydrogen-bond donors (Lipinski definition) is 1. The number of methoxy groups -OCH3 is 1. The van der Waals surface area contributed by atoms with Gasteiger partial charge in [0.15, 0.2) is 0 Å². The fourth-order valence-corrected chi connectivity index (χ4v) is 2.21. The van der Waals surface area contributed by atoms with Crippen LogP contribution in [0.5, 0.6) is 5.75 Å². The maximum atomic E-state index is 11.5. The van der Waals surface area contributed by atoms with E-state index in [-0.39, 0.29) is 5.57 Å². The molecule has 0 saturated carbocycles. The van der Waals surface area contributed by atoms with E-state index in [0.29, 0.717) is 22.9 Å². The molecule has 0 amide bonds. The van der Waals surface area contributed by atoms with E-state index in [1.807, 2.05) is 30.3 Å². The quantitative estimate of drug-likeness (QED) is 0.647. The van der Waals surface area contributed by atoms with Gasteiger partial charge in [0.25, 0.3) is 0 Å². The van der Waals surface area contributed by atoms with Crippen LogP contribution in [0.3, 0.4) is 0 Å². The summed E-state index contributed by atoms with van der Waals surface area (Å²) in [6, 6.07) is 14.4. The molecule has 23 heavy (non-hydrogen) atoms. The highest BCUT2D eigenvalue weighted by Crippen LogP contribution is 2.32. The zero-order chi connectivity index (χ0) is 16.8. The third-order valence-corrected chi connectivity index (χ3v) is 3.52. The lowest BCUT2D eigenvalue weighted by Gasteiger charge is -2.17. The second-order valence-electron chi connectivity index (χ2n) is 4.88. The van der Waals surface area contributed by atoms with Crippen LogP contribution >= 0.6 is 11.6 Å². The molecule has 5 heteroatoms. The van der Waals surface area contributed by atoms with Crippen molar-refractivity contribution in [2.45, 2.75) is 12.7 Å². The van der Waals surface area contributed by atoms with Gasteiger partial charge in [0, 0.05) is 10.6 Å². The van der Waals surface area contributed by atoms with E-state index in [0.717, 1.165) is 5.56 Å². The SMILES string of the molecule is C=C(C(=O)OC)C(O)c1cc(Cl)ccc1OCc1ccccc1. The van der Waals surface area contributed by atoms with Gasteiger partial charge in [0.2, 0.25) is 0 Å². The van der Waals surface area contributed by atoms with E-state index in [4.69, 9.17) is 16.3 Å². The average Bonchev–Trinajstić information content (AvgIpc) is 2.59. The lowest BCUT2D eigenvalue weighted by Crippen LogP contribution is -2.13. The van der Waals surface area contributed by atoms with E-state index in [1.54, 1.807) is 18.2 Å². The molecule has 120 valence electrons. The Hall–Kier alpha value is -2.30. The summed E-state index contributed by atoms with van der Waals surface area (Å²) in [5, 5.41) is 10.8. The van der Waals surface area contributed by atoms with Crippen LogP contribution in [-0.4, -0.2) is 18.2 Å². The summed E-state index contributed by atoms with van der Waals surface area (Å²) < 4.78 is 10.3. The molecular weight excluding hydrogens is 316 g/mol. The number of aliphatic hydroxyl groups excluding tert-OH is 1. The van der Waals surface area contributed by atoms with Crippen LogP contribution in [0.4, 0.5) is 0 Å². The van der Waals surface area contributed by atoms with Crippen molar-refractivity contribution in [3.8, 4) is 5.75 Å². The third kappa shape index (κ3) is 4.34. The molecule has 2 rings (SSSR count). The smallest absolute Gasteiger partial charge is 0.336 e.